The largest absolute Gasteiger partial charge is 0.347 e. The first kappa shape index (κ1) is 13.6. The lowest BCUT2D eigenvalue weighted by molar-refractivity contribution is -0.124. The van der Waals surface area contributed by atoms with E-state index in [-0.39, 0.29) is 18.0 Å². The highest BCUT2D eigenvalue weighted by Gasteiger charge is 2.26. The molecular formula is C14H22N2OS. The summed E-state index contributed by atoms with van der Waals surface area (Å²) in [5, 5.41) is 8.48. The van der Waals surface area contributed by atoms with Crippen molar-refractivity contribution in [2.75, 3.05) is 6.54 Å². The van der Waals surface area contributed by atoms with Gasteiger partial charge in [0.15, 0.2) is 0 Å². The van der Waals surface area contributed by atoms with E-state index >= 15 is 0 Å². The number of thiophene rings is 1. The van der Waals surface area contributed by atoms with Gasteiger partial charge in [-0.3, -0.25) is 4.79 Å². The zero-order valence-electron chi connectivity index (χ0n) is 11.1. The van der Waals surface area contributed by atoms with Crippen LogP contribution in [0.4, 0.5) is 0 Å². The van der Waals surface area contributed by atoms with Gasteiger partial charge in [0, 0.05) is 4.88 Å². The van der Waals surface area contributed by atoms with Crippen molar-refractivity contribution in [1.82, 2.24) is 10.6 Å². The molecular weight excluding hydrogens is 244 g/mol. The van der Waals surface area contributed by atoms with Crippen molar-refractivity contribution in [2.45, 2.75) is 45.2 Å². The fourth-order valence-corrected chi connectivity index (χ4v) is 3.22. The van der Waals surface area contributed by atoms with Gasteiger partial charge < -0.3 is 10.6 Å². The molecule has 1 amide bonds. The fraction of sp³-hybridized carbons (Fsp3) is 0.643. The Kier molecular flexibility index (Phi) is 4.78. The molecule has 1 saturated heterocycles. The summed E-state index contributed by atoms with van der Waals surface area (Å²) >= 11 is 1.69. The molecule has 0 bridgehead atoms. The number of amides is 1. The van der Waals surface area contributed by atoms with Crippen LogP contribution < -0.4 is 10.6 Å². The number of carbonyl (C=O) groups is 1. The van der Waals surface area contributed by atoms with Gasteiger partial charge in [-0.15, -0.1) is 11.3 Å². The van der Waals surface area contributed by atoms with Crippen LogP contribution in [0.15, 0.2) is 17.5 Å². The van der Waals surface area contributed by atoms with Crippen molar-refractivity contribution in [3.8, 4) is 0 Å². The first-order valence-corrected chi connectivity index (χ1v) is 7.65. The molecule has 1 aromatic rings. The fourth-order valence-electron chi connectivity index (χ4n) is 2.49. The normalized spacial score (nSPS) is 25.7. The van der Waals surface area contributed by atoms with Gasteiger partial charge in [0.05, 0.1) is 12.1 Å². The Morgan fingerprint density at radius 2 is 2.50 bits per heavy atom. The van der Waals surface area contributed by atoms with Gasteiger partial charge in [-0.2, -0.15) is 0 Å². The van der Waals surface area contributed by atoms with Crippen LogP contribution in [0.1, 0.15) is 44.0 Å². The molecule has 3 atom stereocenters. The average Bonchev–Trinajstić information content (AvgIpc) is 2.92. The van der Waals surface area contributed by atoms with Gasteiger partial charge in [0.1, 0.15) is 0 Å². The Morgan fingerprint density at radius 3 is 3.17 bits per heavy atom. The molecule has 0 aromatic carbocycles. The Hall–Kier alpha value is -0.870. The third-order valence-electron chi connectivity index (χ3n) is 3.73. The Labute approximate surface area is 113 Å². The maximum Gasteiger partial charge on any atom is 0.237 e. The number of hydrogen-bond donors (Lipinski definition) is 2. The highest BCUT2D eigenvalue weighted by atomic mass is 32.1. The van der Waals surface area contributed by atoms with E-state index in [2.05, 4.69) is 23.6 Å². The van der Waals surface area contributed by atoms with Gasteiger partial charge in [0.25, 0.3) is 0 Å². The van der Waals surface area contributed by atoms with Crippen molar-refractivity contribution < 1.29 is 4.79 Å². The summed E-state index contributed by atoms with van der Waals surface area (Å²) in [6, 6.07) is 4.19. The molecule has 0 aliphatic carbocycles. The molecule has 0 saturated carbocycles. The zero-order chi connectivity index (χ0) is 13.0. The van der Waals surface area contributed by atoms with Crippen LogP contribution in [0.3, 0.4) is 0 Å². The van der Waals surface area contributed by atoms with E-state index in [0.29, 0.717) is 5.92 Å². The summed E-state index contributed by atoms with van der Waals surface area (Å²) in [7, 11) is 0. The number of nitrogens with one attached hydrogen (secondary N) is 2. The number of rotatable bonds is 4. The van der Waals surface area contributed by atoms with Gasteiger partial charge in [-0.1, -0.05) is 19.4 Å². The van der Waals surface area contributed by atoms with E-state index in [1.165, 1.54) is 17.7 Å². The van der Waals surface area contributed by atoms with E-state index in [1.54, 1.807) is 11.3 Å². The summed E-state index contributed by atoms with van der Waals surface area (Å²) in [5.74, 6) is 0.841. The summed E-state index contributed by atoms with van der Waals surface area (Å²) in [6.07, 6.45) is 3.34. The molecule has 2 rings (SSSR count). The molecule has 18 heavy (non-hydrogen) atoms. The topological polar surface area (TPSA) is 41.1 Å². The lowest BCUT2D eigenvalue weighted by Crippen LogP contribution is -2.49. The van der Waals surface area contributed by atoms with Crippen molar-refractivity contribution in [2.24, 2.45) is 5.92 Å². The van der Waals surface area contributed by atoms with Crippen molar-refractivity contribution in [1.29, 1.82) is 0 Å². The van der Waals surface area contributed by atoms with Crippen molar-refractivity contribution in [3.05, 3.63) is 22.4 Å². The van der Waals surface area contributed by atoms with Crippen LogP contribution in [0, 0.1) is 5.92 Å². The monoisotopic (exact) mass is 266 g/mol. The molecule has 3 nitrogen and oxygen atoms in total. The molecule has 2 heterocycles. The summed E-state index contributed by atoms with van der Waals surface area (Å²) < 4.78 is 0. The second-order valence-corrected chi connectivity index (χ2v) is 6.03. The second kappa shape index (κ2) is 6.34. The van der Waals surface area contributed by atoms with E-state index in [1.807, 2.05) is 18.4 Å². The third-order valence-corrected chi connectivity index (χ3v) is 4.79. The van der Waals surface area contributed by atoms with E-state index < -0.39 is 0 Å². The molecule has 1 aromatic heterocycles. The summed E-state index contributed by atoms with van der Waals surface area (Å²) in [4.78, 5) is 13.4. The SMILES string of the molecule is CCC1CCNC(C(=O)N[C@@H](C)c2cccs2)C1. The van der Waals surface area contributed by atoms with Crippen LogP contribution in [0.25, 0.3) is 0 Å². The molecule has 1 aliphatic heterocycles. The molecule has 2 unspecified atom stereocenters. The lowest BCUT2D eigenvalue weighted by atomic mass is 9.90. The highest BCUT2D eigenvalue weighted by Crippen LogP contribution is 2.21. The van der Waals surface area contributed by atoms with Crippen LogP contribution in [0.5, 0.6) is 0 Å². The minimum atomic E-state index is -0.00823. The minimum Gasteiger partial charge on any atom is -0.347 e. The second-order valence-electron chi connectivity index (χ2n) is 5.05. The van der Waals surface area contributed by atoms with Crippen LogP contribution in [-0.4, -0.2) is 18.5 Å². The summed E-state index contributed by atoms with van der Waals surface area (Å²) in [5.41, 5.74) is 0. The van der Waals surface area contributed by atoms with Gasteiger partial charge in [-0.05, 0) is 43.7 Å². The standard InChI is InChI=1S/C14H22N2OS/c1-3-11-6-7-15-12(9-11)14(17)16-10(2)13-5-4-8-18-13/h4-5,8,10-12,15H,3,6-7,9H2,1-2H3,(H,16,17)/t10-,11?,12?/m0/s1. The molecule has 2 N–H and O–H groups in total. The summed E-state index contributed by atoms with van der Waals surface area (Å²) in [6.45, 7) is 5.22. The quantitative estimate of drug-likeness (QED) is 0.880. The minimum absolute atomic E-state index is 0.00823. The first-order chi connectivity index (χ1) is 8.70. The van der Waals surface area contributed by atoms with Crippen LogP contribution in [0.2, 0.25) is 0 Å². The van der Waals surface area contributed by atoms with Crippen molar-refractivity contribution >= 4 is 17.2 Å². The Morgan fingerprint density at radius 1 is 1.67 bits per heavy atom. The smallest absolute Gasteiger partial charge is 0.237 e. The number of carbonyl (C=O) groups excluding carboxylic acids is 1. The van der Waals surface area contributed by atoms with Crippen molar-refractivity contribution in [3.63, 3.8) is 0 Å². The Bertz CT molecular complexity index is 377. The molecule has 0 radical (unpaired) electrons. The molecule has 100 valence electrons. The van der Waals surface area contributed by atoms with Crippen LogP contribution in [-0.2, 0) is 4.79 Å². The number of hydrogen-bond acceptors (Lipinski definition) is 3. The number of piperidine rings is 1. The van der Waals surface area contributed by atoms with E-state index in [0.717, 1.165) is 13.0 Å². The zero-order valence-corrected chi connectivity index (χ0v) is 11.9. The lowest BCUT2D eigenvalue weighted by Gasteiger charge is -2.29. The third kappa shape index (κ3) is 3.33. The molecule has 0 spiro atoms. The Balaban J connectivity index is 1.87. The first-order valence-electron chi connectivity index (χ1n) is 6.77. The molecule has 1 aliphatic rings. The van der Waals surface area contributed by atoms with E-state index in [4.69, 9.17) is 0 Å². The maximum atomic E-state index is 12.2. The van der Waals surface area contributed by atoms with Gasteiger partial charge in [0.2, 0.25) is 5.91 Å². The predicted octanol–water partition coefficient (Wildman–Crippen LogP) is 2.70. The van der Waals surface area contributed by atoms with E-state index in [9.17, 15) is 4.79 Å². The van der Waals surface area contributed by atoms with Gasteiger partial charge in [-0.25, -0.2) is 0 Å². The molecule has 1 fully saturated rings. The highest BCUT2D eigenvalue weighted by molar-refractivity contribution is 7.10. The predicted molar refractivity (Wildman–Crippen MR) is 75.7 cm³/mol. The van der Waals surface area contributed by atoms with Crippen LogP contribution >= 0.6 is 11.3 Å². The van der Waals surface area contributed by atoms with Gasteiger partial charge >= 0.3 is 0 Å². The molecule has 4 heteroatoms. The average molecular weight is 266 g/mol. The maximum absolute atomic E-state index is 12.2.